The topological polar surface area (TPSA) is 57.5 Å². The molecule has 79 heavy (non-hydrogen) atoms. The smallest absolute Gasteiger partial charge is 0.164 e. The highest BCUT2D eigenvalue weighted by molar-refractivity contribution is 8.00. The first-order valence-electron chi connectivity index (χ1n) is 26.6. The molecule has 13 rings (SSSR count). The second-order valence-corrected chi connectivity index (χ2v) is 21.4. The van der Waals surface area contributed by atoms with Gasteiger partial charge in [0.25, 0.3) is 0 Å². The van der Waals surface area contributed by atoms with E-state index in [9.17, 15) is 0 Å². The van der Waals surface area contributed by atoms with Gasteiger partial charge in [0, 0.05) is 53.4 Å². The number of para-hydroxylation sites is 2. The maximum atomic E-state index is 5.38. The molecule has 0 unspecified atom stereocenters. The minimum absolute atomic E-state index is 0.622. The summed E-state index contributed by atoms with van der Waals surface area (Å²) >= 11 is 3.68. The van der Waals surface area contributed by atoms with Crippen LogP contribution in [0.5, 0.6) is 0 Å². The molecule has 2 aliphatic heterocycles. The summed E-state index contributed by atoms with van der Waals surface area (Å²) in [6, 6.07) is 89.6. The molecule has 0 bridgehead atoms. The van der Waals surface area contributed by atoms with Crippen LogP contribution in [0, 0.1) is 0 Å². The zero-order chi connectivity index (χ0) is 53.1. The van der Waals surface area contributed by atoms with Gasteiger partial charge in [-0.1, -0.05) is 225 Å². The fourth-order valence-electron chi connectivity index (χ4n) is 10.4. The van der Waals surface area contributed by atoms with Gasteiger partial charge in [0.2, 0.25) is 0 Å². The molecule has 0 aliphatic carbocycles. The molecule has 0 fully saturated rings. The molecule has 378 valence electrons. The van der Waals surface area contributed by atoms with Gasteiger partial charge in [0.1, 0.15) is 0 Å². The summed E-state index contributed by atoms with van der Waals surface area (Å²) in [5.41, 5.74) is 18.2. The average molecular weight is 1050 g/mol. The van der Waals surface area contributed by atoms with Crippen LogP contribution in [-0.4, -0.2) is 20.7 Å². The van der Waals surface area contributed by atoms with E-state index >= 15 is 0 Å². The van der Waals surface area contributed by atoms with Gasteiger partial charge < -0.3 is 9.80 Å². The van der Waals surface area contributed by atoms with Crippen molar-refractivity contribution in [1.29, 1.82) is 0 Å². The monoisotopic (exact) mass is 1050 g/mol. The zero-order valence-corrected chi connectivity index (χ0v) is 45.1. The van der Waals surface area contributed by atoms with Crippen LogP contribution in [0.2, 0.25) is 0 Å². The number of allylic oxidation sites excluding steroid dienone is 2. The molecule has 2 aliphatic rings. The third-order valence-corrected chi connectivity index (χ3v) is 16.7. The lowest BCUT2D eigenvalue weighted by Gasteiger charge is -2.36. The highest BCUT2D eigenvalue weighted by Crippen LogP contribution is 2.58. The summed E-state index contributed by atoms with van der Waals surface area (Å²) in [5.74, 6) is 1.90. The summed E-state index contributed by atoms with van der Waals surface area (Å²) in [6.45, 7) is 6.60. The number of hydrogen-bond donors (Lipinski definition) is 0. The molecule has 8 heteroatoms. The van der Waals surface area contributed by atoms with Gasteiger partial charge in [-0.25, -0.2) is 15.0 Å². The molecular weight excluding hydrogens is 1000 g/mol. The molecule has 10 aromatic carbocycles. The molecule has 0 saturated heterocycles. The van der Waals surface area contributed by atoms with E-state index in [0.29, 0.717) is 23.9 Å². The predicted molar refractivity (Wildman–Crippen MR) is 331 cm³/mol. The van der Waals surface area contributed by atoms with Gasteiger partial charge in [-0.05, 0) is 119 Å². The van der Waals surface area contributed by atoms with Gasteiger partial charge in [0.15, 0.2) is 17.5 Å². The minimum atomic E-state index is 0.622. The summed E-state index contributed by atoms with van der Waals surface area (Å²) in [4.78, 5) is 30.0. The molecular formula is C71H52N6S2. The Morgan fingerprint density at radius 2 is 0.823 bits per heavy atom. The number of anilines is 6. The maximum Gasteiger partial charge on any atom is 0.164 e. The van der Waals surface area contributed by atoms with Crippen molar-refractivity contribution in [2.75, 3.05) is 9.80 Å². The minimum Gasteiger partial charge on any atom is -0.308 e. The van der Waals surface area contributed by atoms with Crippen molar-refractivity contribution in [3.8, 4) is 45.3 Å². The predicted octanol–water partition coefficient (Wildman–Crippen LogP) is 19.8. The normalized spacial score (nSPS) is 12.8. The van der Waals surface area contributed by atoms with Gasteiger partial charge in [-0.15, -0.1) is 0 Å². The zero-order valence-electron chi connectivity index (χ0n) is 43.4. The summed E-state index contributed by atoms with van der Waals surface area (Å²) < 4.78 is 0. The summed E-state index contributed by atoms with van der Waals surface area (Å²) in [7, 11) is 0. The van der Waals surface area contributed by atoms with Crippen molar-refractivity contribution in [3.63, 3.8) is 0 Å². The number of fused-ring (bicyclic) bond motifs is 4. The second-order valence-electron chi connectivity index (χ2n) is 19.3. The largest absolute Gasteiger partial charge is 0.308 e. The van der Waals surface area contributed by atoms with E-state index in [1.807, 2.05) is 90.3 Å². The van der Waals surface area contributed by atoms with E-state index in [2.05, 4.69) is 217 Å². The van der Waals surface area contributed by atoms with Gasteiger partial charge in [0.05, 0.1) is 28.4 Å². The van der Waals surface area contributed by atoms with Crippen molar-refractivity contribution < 1.29 is 0 Å². The Morgan fingerprint density at radius 3 is 1.30 bits per heavy atom. The lowest BCUT2D eigenvalue weighted by molar-refractivity contribution is 1.07. The highest BCUT2D eigenvalue weighted by atomic mass is 32.2. The Balaban J connectivity index is 0.851. The average Bonchev–Trinajstić information content (AvgIpc) is 3.64. The molecule has 6 nitrogen and oxygen atoms in total. The van der Waals surface area contributed by atoms with Crippen LogP contribution in [0.1, 0.15) is 36.5 Å². The quantitative estimate of drug-likeness (QED) is 0.107. The lowest BCUT2D eigenvalue weighted by Crippen LogP contribution is -2.16. The van der Waals surface area contributed by atoms with Crippen LogP contribution in [0.3, 0.4) is 0 Å². The molecule has 0 atom stereocenters. The first-order valence-corrected chi connectivity index (χ1v) is 28.2. The highest BCUT2D eigenvalue weighted by Gasteiger charge is 2.31. The van der Waals surface area contributed by atoms with Crippen LogP contribution in [0.4, 0.5) is 34.1 Å². The first kappa shape index (κ1) is 49.2. The van der Waals surface area contributed by atoms with Crippen LogP contribution < -0.4 is 9.80 Å². The number of benzene rings is 10. The van der Waals surface area contributed by atoms with E-state index in [0.717, 1.165) is 90.9 Å². The molecule has 0 amide bonds. The Morgan fingerprint density at radius 1 is 0.418 bits per heavy atom. The van der Waals surface area contributed by atoms with Gasteiger partial charge in [-0.3, -0.25) is 4.99 Å². The molecule has 1 aromatic heterocycles. The fraction of sp³-hybridized carbons (Fsp3) is 0.0423. The van der Waals surface area contributed by atoms with Crippen molar-refractivity contribution >= 4 is 74.6 Å². The maximum absolute atomic E-state index is 5.38. The SMILES string of the molecule is C=C(C/C=C(\N=C(CC)c1ccc(N2c3ccccc3Sc3c(-c4cccc5c4Sc4ccccc4N5c4ccc(-c5nc(-c6ccccc6)nc(-c6ccccc6)n5)cc4)cccc32)cc1)c1ccccc1)c1ccccc1. The third kappa shape index (κ3) is 9.89. The van der Waals surface area contributed by atoms with Crippen molar-refractivity contribution in [1.82, 2.24) is 15.0 Å². The summed E-state index contributed by atoms with van der Waals surface area (Å²) in [6.07, 6.45) is 3.68. The van der Waals surface area contributed by atoms with E-state index in [-0.39, 0.29) is 0 Å². The number of hydrogen-bond acceptors (Lipinski definition) is 8. The summed E-state index contributed by atoms with van der Waals surface area (Å²) in [5, 5.41) is 0. The van der Waals surface area contributed by atoms with Crippen molar-refractivity contribution in [2.24, 2.45) is 4.99 Å². The van der Waals surface area contributed by atoms with Crippen LogP contribution in [-0.2, 0) is 0 Å². The van der Waals surface area contributed by atoms with Crippen molar-refractivity contribution in [2.45, 2.75) is 39.3 Å². The third-order valence-electron chi connectivity index (χ3n) is 14.3. The molecule has 0 spiro atoms. The molecule has 11 aromatic rings. The fourth-order valence-corrected chi connectivity index (χ4v) is 12.7. The number of rotatable bonds is 13. The van der Waals surface area contributed by atoms with Gasteiger partial charge >= 0.3 is 0 Å². The van der Waals surface area contributed by atoms with Crippen LogP contribution in [0.25, 0.3) is 56.6 Å². The molecule has 0 radical (unpaired) electrons. The first-order chi connectivity index (χ1) is 39.0. The van der Waals surface area contributed by atoms with Crippen LogP contribution >= 0.6 is 23.5 Å². The molecule has 3 heterocycles. The number of aliphatic imine (C=N–C) groups is 1. The van der Waals surface area contributed by atoms with E-state index < -0.39 is 0 Å². The molecule has 0 N–H and O–H groups in total. The van der Waals surface area contributed by atoms with Gasteiger partial charge in [-0.2, -0.15) is 0 Å². The Hall–Kier alpha value is -9.34. The van der Waals surface area contributed by atoms with Crippen molar-refractivity contribution in [3.05, 3.63) is 284 Å². The molecule has 0 saturated carbocycles. The lowest BCUT2D eigenvalue weighted by atomic mass is 10.0. The number of aromatic nitrogens is 3. The Labute approximate surface area is 470 Å². The van der Waals surface area contributed by atoms with E-state index in [1.54, 1.807) is 0 Å². The van der Waals surface area contributed by atoms with Crippen LogP contribution in [0.15, 0.2) is 292 Å². The Bertz CT molecular complexity index is 4030. The van der Waals surface area contributed by atoms with E-state index in [4.69, 9.17) is 19.9 Å². The number of nitrogens with zero attached hydrogens (tertiary/aromatic N) is 6. The standard InChI is InChI=1S/C71H52N6S2/c1-3-59(72-60(50-24-10-5-11-25-50)47-38-48(2)49-22-8-4-9-23-49)51-39-43-55(44-40-51)76-61-32-16-18-36-65(61)78-67-57(30-20-34-63(67)76)58-31-21-35-64-68(58)79-66-37-19-17-33-62(66)77(64)56-45-41-54(42-46-56)71-74-69(52-26-12-6-13-27-52)73-70(75-71)53-28-14-7-15-29-53/h4-37,39-47H,2-3,38H2,1H3/b60-47-,72-59?. The second kappa shape index (κ2) is 22.0. The van der Waals surface area contributed by atoms with E-state index in [1.165, 1.54) is 30.7 Å². The Kier molecular flexibility index (Phi) is 13.7.